The van der Waals surface area contributed by atoms with Crippen molar-refractivity contribution in [1.82, 2.24) is 30.4 Å². The van der Waals surface area contributed by atoms with Crippen LogP contribution in [0, 0.1) is 0 Å². The summed E-state index contributed by atoms with van der Waals surface area (Å²) >= 11 is 0. The fourth-order valence-electron chi connectivity index (χ4n) is 3.58. The summed E-state index contributed by atoms with van der Waals surface area (Å²) in [4.78, 5) is 35.5. The first-order valence-corrected chi connectivity index (χ1v) is 9.62. The first-order valence-electron chi connectivity index (χ1n) is 9.62. The summed E-state index contributed by atoms with van der Waals surface area (Å²) < 4.78 is 4.92. The Hall–Kier alpha value is -3.59. The van der Waals surface area contributed by atoms with Crippen LogP contribution in [0.5, 0.6) is 0 Å². The van der Waals surface area contributed by atoms with E-state index in [4.69, 9.17) is 4.74 Å². The number of rotatable bonds is 6. The van der Waals surface area contributed by atoms with Crippen LogP contribution >= 0.6 is 0 Å². The first-order chi connectivity index (χ1) is 14.7. The van der Waals surface area contributed by atoms with E-state index < -0.39 is 0 Å². The Morgan fingerprint density at radius 1 is 1.17 bits per heavy atom. The van der Waals surface area contributed by atoms with E-state index in [-0.39, 0.29) is 30.4 Å². The normalized spacial score (nSPS) is 18.4. The molecular formula is C21H22N6O3. The molecule has 0 aliphatic carbocycles. The maximum atomic E-state index is 12.9. The predicted octanol–water partition coefficient (Wildman–Crippen LogP) is 1.24. The van der Waals surface area contributed by atoms with Gasteiger partial charge in [-0.1, -0.05) is 36.4 Å². The third kappa shape index (κ3) is 4.20. The average Bonchev–Trinajstić information content (AvgIpc) is 3.42. The van der Waals surface area contributed by atoms with Crippen molar-refractivity contribution in [2.24, 2.45) is 0 Å². The van der Waals surface area contributed by atoms with Crippen LogP contribution in [0.2, 0.25) is 0 Å². The molecule has 1 saturated heterocycles. The number of aromatic amines is 1. The number of carbonyl (C=O) groups excluding carboxylic acids is 2. The molecule has 1 fully saturated rings. The van der Waals surface area contributed by atoms with Crippen LogP contribution in [-0.2, 0) is 9.53 Å². The van der Waals surface area contributed by atoms with Gasteiger partial charge in [0.2, 0.25) is 5.91 Å². The van der Waals surface area contributed by atoms with Crippen molar-refractivity contribution in [3.05, 3.63) is 66.2 Å². The van der Waals surface area contributed by atoms with Crippen LogP contribution in [0.25, 0.3) is 11.4 Å². The highest BCUT2D eigenvalue weighted by atomic mass is 16.5. The van der Waals surface area contributed by atoms with Gasteiger partial charge >= 0.3 is 0 Å². The molecule has 0 radical (unpaired) electrons. The van der Waals surface area contributed by atoms with Crippen LogP contribution < -0.4 is 5.32 Å². The summed E-state index contributed by atoms with van der Waals surface area (Å²) in [5, 5.41) is 10.3. The summed E-state index contributed by atoms with van der Waals surface area (Å²) in [6.45, 7) is 0.677. The molecule has 1 aromatic carbocycles. The fourth-order valence-corrected chi connectivity index (χ4v) is 3.58. The second kappa shape index (κ2) is 8.83. The lowest BCUT2D eigenvalue weighted by molar-refractivity contribution is -0.125. The Morgan fingerprint density at radius 2 is 1.97 bits per heavy atom. The summed E-state index contributed by atoms with van der Waals surface area (Å²) in [5.74, 6) is 0.521. The average molecular weight is 406 g/mol. The lowest BCUT2D eigenvalue weighted by Crippen LogP contribution is -2.42. The second-order valence-electron chi connectivity index (χ2n) is 7.05. The van der Waals surface area contributed by atoms with Gasteiger partial charge in [0, 0.05) is 32.0 Å². The number of nitrogens with zero attached hydrogens (tertiary/aromatic N) is 4. The first kappa shape index (κ1) is 19.7. The van der Waals surface area contributed by atoms with Gasteiger partial charge in [-0.2, -0.15) is 5.10 Å². The van der Waals surface area contributed by atoms with Gasteiger partial charge in [-0.15, -0.1) is 0 Å². The summed E-state index contributed by atoms with van der Waals surface area (Å²) in [6.07, 6.45) is 1.58. The monoisotopic (exact) mass is 406 g/mol. The van der Waals surface area contributed by atoms with Gasteiger partial charge in [-0.05, 0) is 12.1 Å². The number of ether oxygens (including phenoxy) is 1. The van der Waals surface area contributed by atoms with Crippen molar-refractivity contribution in [2.75, 3.05) is 26.8 Å². The molecule has 2 atom stereocenters. The molecule has 0 bridgehead atoms. The van der Waals surface area contributed by atoms with Gasteiger partial charge < -0.3 is 15.0 Å². The van der Waals surface area contributed by atoms with Gasteiger partial charge in [-0.25, -0.2) is 4.98 Å². The number of carbonyl (C=O) groups is 2. The molecular weight excluding hydrogens is 384 g/mol. The Bertz CT molecular complexity index is 1010. The number of aromatic nitrogens is 4. The van der Waals surface area contributed by atoms with E-state index in [2.05, 4.69) is 25.5 Å². The molecule has 9 heteroatoms. The molecule has 1 aliphatic rings. The minimum absolute atomic E-state index is 0.0525. The highest BCUT2D eigenvalue weighted by molar-refractivity contribution is 5.92. The van der Waals surface area contributed by atoms with E-state index in [1.807, 2.05) is 30.3 Å². The zero-order valence-electron chi connectivity index (χ0n) is 16.5. The number of hydrogen-bond donors (Lipinski definition) is 2. The number of methoxy groups -OCH3 is 1. The van der Waals surface area contributed by atoms with Crippen molar-refractivity contribution in [3.8, 4) is 11.4 Å². The lowest BCUT2D eigenvalue weighted by Gasteiger charge is -2.17. The number of H-pyrrole nitrogens is 1. The Kier molecular flexibility index (Phi) is 5.80. The third-order valence-corrected chi connectivity index (χ3v) is 5.00. The highest BCUT2D eigenvalue weighted by Gasteiger charge is 2.39. The van der Waals surface area contributed by atoms with Crippen LogP contribution in [0.4, 0.5) is 0 Å². The number of nitrogens with one attached hydrogen (secondary N) is 2. The summed E-state index contributed by atoms with van der Waals surface area (Å²) in [7, 11) is 1.46. The van der Waals surface area contributed by atoms with Crippen molar-refractivity contribution in [2.45, 2.75) is 12.0 Å². The van der Waals surface area contributed by atoms with Gasteiger partial charge in [0.15, 0.2) is 5.82 Å². The Labute approximate surface area is 173 Å². The second-order valence-corrected chi connectivity index (χ2v) is 7.05. The number of benzene rings is 1. The molecule has 2 aromatic heterocycles. The molecule has 0 saturated carbocycles. The van der Waals surface area contributed by atoms with Crippen molar-refractivity contribution >= 4 is 11.8 Å². The topological polar surface area (TPSA) is 113 Å². The van der Waals surface area contributed by atoms with Gasteiger partial charge in [0.05, 0.1) is 12.0 Å². The highest BCUT2D eigenvalue weighted by Crippen LogP contribution is 2.28. The Morgan fingerprint density at radius 3 is 2.70 bits per heavy atom. The zero-order valence-corrected chi connectivity index (χ0v) is 16.5. The van der Waals surface area contributed by atoms with E-state index in [9.17, 15) is 9.59 Å². The minimum Gasteiger partial charge on any atom is -0.375 e. The molecule has 9 nitrogen and oxygen atoms in total. The van der Waals surface area contributed by atoms with Crippen LogP contribution in [0.15, 0.2) is 54.7 Å². The van der Waals surface area contributed by atoms with E-state index in [1.165, 1.54) is 7.11 Å². The van der Waals surface area contributed by atoms with Gasteiger partial charge in [0.1, 0.15) is 18.1 Å². The van der Waals surface area contributed by atoms with Crippen molar-refractivity contribution in [3.63, 3.8) is 0 Å². The molecule has 2 amide bonds. The Balaban J connectivity index is 1.58. The maximum absolute atomic E-state index is 12.9. The molecule has 3 heterocycles. The number of amides is 2. The van der Waals surface area contributed by atoms with Crippen LogP contribution in [0.3, 0.4) is 0 Å². The summed E-state index contributed by atoms with van der Waals surface area (Å²) in [5.41, 5.74) is 1.25. The largest absolute Gasteiger partial charge is 0.375 e. The quantitative estimate of drug-likeness (QED) is 0.637. The number of likely N-dealkylation sites (tertiary alicyclic amines) is 1. The molecule has 3 aromatic rings. The van der Waals surface area contributed by atoms with Crippen LogP contribution in [-0.4, -0.2) is 69.7 Å². The fraction of sp³-hybridized carbons (Fsp3) is 0.286. The van der Waals surface area contributed by atoms with Gasteiger partial charge in [0.25, 0.3) is 5.91 Å². The predicted molar refractivity (Wildman–Crippen MR) is 109 cm³/mol. The minimum atomic E-state index is -0.322. The molecule has 1 aliphatic heterocycles. The van der Waals surface area contributed by atoms with E-state index in [1.54, 1.807) is 29.3 Å². The SMILES string of the molecule is COCC(=O)N[C@@H]1CN(C(=O)c2ccccn2)C[C@H]1c1nc(-c2ccccc2)n[nH]1. The van der Waals surface area contributed by atoms with E-state index in [0.29, 0.717) is 30.4 Å². The number of pyridine rings is 1. The standard InChI is InChI=1S/C21H22N6O3/c1-30-13-18(28)23-17-12-27(21(29)16-9-5-6-10-22-16)11-15(17)20-24-19(25-26-20)14-7-3-2-4-8-14/h2-10,15,17H,11-13H2,1H3,(H,23,28)(H,24,25,26)/t15-,17-/m1/s1. The summed E-state index contributed by atoms with van der Waals surface area (Å²) in [6, 6.07) is 14.5. The van der Waals surface area contributed by atoms with E-state index >= 15 is 0 Å². The van der Waals surface area contributed by atoms with Crippen molar-refractivity contribution in [1.29, 1.82) is 0 Å². The molecule has 2 N–H and O–H groups in total. The van der Waals surface area contributed by atoms with Gasteiger partial charge in [-0.3, -0.25) is 19.7 Å². The van der Waals surface area contributed by atoms with Crippen LogP contribution in [0.1, 0.15) is 22.2 Å². The molecule has 30 heavy (non-hydrogen) atoms. The third-order valence-electron chi connectivity index (χ3n) is 5.00. The number of hydrogen-bond acceptors (Lipinski definition) is 6. The maximum Gasteiger partial charge on any atom is 0.272 e. The zero-order chi connectivity index (χ0) is 20.9. The molecule has 0 spiro atoms. The molecule has 0 unspecified atom stereocenters. The smallest absolute Gasteiger partial charge is 0.272 e. The molecule has 154 valence electrons. The molecule has 4 rings (SSSR count). The van der Waals surface area contributed by atoms with Crippen molar-refractivity contribution < 1.29 is 14.3 Å². The van der Waals surface area contributed by atoms with E-state index in [0.717, 1.165) is 5.56 Å². The lowest BCUT2D eigenvalue weighted by atomic mass is 10.0.